The number of nitrogens with zero attached hydrogens (tertiary/aromatic N) is 2. The first-order chi connectivity index (χ1) is 14.7. The molecule has 6 aliphatic carbocycles. The number of carbonyl (C=O) groups is 1. The molecule has 6 aliphatic rings. The van der Waals surface area contributed by atoms with Gasteiger partial charge in [0.15, 0.2) is 4.80 Å². The van der Waals surface area contributed by atoms with Crippen molar-refractivity contribution in [3.05, 3.63) is 15.9 Å². The molecule has 0 saturated heterocycles. The lowest BCUT2D eigenvalue weighted by atomic mass is 9.53. The Morgan fingerprint density at radius 1 is 1.00 bits per heavy atom. The van der Waals surface area contributed by atoms with Gasteiger partial charge in [-0.2, -0.15) is 0 Å². The minimum atomic E-state index is 0. The number of aromatic nitrogens is 1. The molecule has 1 aromatic rings. The second-order valence-electron chi connectivity index (χ2n) is 11.3. The average Bonchev–Trinajstić information content (AvgIpc) is 3.48. The number of hydrogen-bond acceptors (Lipinski definition) is 3. The van der Waals surface area contributed by atoms with E-state index in [1.54, 1.807) is 11.3 Å². The quantitative estimate of drug-likeness (QED) is 0.571. The molecule has 0 aromatic carbocycles. The molecule has 1 amide bonds. The molecule has 1 aromatic heterocycles. The Morgan fingerprint density at radius 3 is 2.19 bits per heavy atom. The third-order valence-electron chi connectivity index (χ3n) is 8.63. The maximum atomic E-state index is 13.2. The summed E-state index contributed by atoms with van der Waals surface area (Å²) in [6, 6.07) is 1.08. The number of thiazole rings is 1. The topological polar surface area (TPSA) is 46.4 Å². The van der Waals surface area contributed by atoms with E-state index >= 15 is 0 Å². The SMILES string of the molecule is Cl.O=C(Cc1csc(=NC2CCCCCC2)n1C1CC1)NC12CC3CC(CC(C3)C1)C2. The molecule has 31 heavy (non-hydrogen) atoms. The van der Waals surface area contributed by atoms with Crippen LogP contribution >= 0.6 is 23.7 Å². The van der Waals surface area contributed by atoms with Crippen LogP contribution in [0, 0.1) is 17.8 Å². The van der Waals surface area contributed by atoms with E-state index in [1.807, 2.05) is 0 Å². The Bertz CT molecular complexity index is 827. The largest absolute Gasteiger partial charge is 0.350 e. The van der Waals surface area contributed by atoms with E-state index in [1.165, 1.54) is 100 Å². The van der Waals surface area contributed by atoms with Crippen molar-refractivity contribution in [3.8, 4) is 0 Å². The van der Waals surface area contributed by atoms with Crippen molar-refractivity contribution in [1.29, 1.82) is 0 Å². The Balaban J connectivity index is 0.00000204. The highest BCUT2D eigenvalue weighted by Crippen LogP contribution is 2.55. The Kier molecular flexibility index (Phi) is 6.28. The first kappa shape index (κ1) is 22.0. The minimum Gasteiger partial charge on any atom is -0.350 e. The summed E-state index contributed by atoms with van der Waals surface area (Å²) in [4.78, 5) is 19.6. The van der Waals surface area contributed by atoms with E-state index in [2.05, 4.69) is 15.3 Å². The van der Waals surface area contributed by atoms with Crippen molar-refractivity contribution >= 4 is 29.7 Å². The standard InChI is InChI=1S/C25H37N3OS.ClH/c29-23(27-25-13-17-9-18(14-25)11-19(10-17)15-25)12-22-16-30-24(28(22)21-7-8-21)26-20-5-3-1-2-4-6-20;/h16-21H,1-15H2,(H,27,29);1H. The van der Waals surface area contributed by atoms with Gasteiger partial charge < -0.3 is 9.88 Å². The summed E-state index contributed by atoms with van der Waals surface area (Å²) in [7, 11) is 0. The molecular weight excluding hydrogens is 426 g/mol. The molecule has 0 spiro atoms. The van der Waals surface area contributed by atoms with Crippen LogP contribution in [0.5, 0.6) is 0 Å². The summed E-state index contributed by atoms with van der Waals surface area (Å²) < 4.78 is 2.44. The van der Waals surface area contributed by atoms with Gasteiger partial charge in [0, 0.05) is 22.7 Å². The van der Waals surface area contributed by atoms with Gasteiger partial charge in [-0.05, 0) is 82.0 Å². The second kappa shape index (κ2) is 8.85. The van der Waals surface area contributed by atoms with Crippen LogP contribution in [0.2, 0.25) is 0 Å². The predicted octanol–water partition coefficient (Wildman–Crippen LogP) is 5.56. The maximum Gasteiger partial charge on any atom is 0.226 e. The van der Waals surface area contributed by atoms with Crippen LogP contribution in [0.4, 0.5) is 0 Å². The number of rotatable bonds is 5. The van der Waals surface area contributed by atoms with Crippen molar-refractivity contribution in [2.45, 2.75) is 114 Å². The van der Waals surface area contributed by atoms with E-state index in [4.69, 9.17) is 4.99 Å². The molecule has 6 saturated carbocycles. The number of amides is 1. The maximum absolute atomic E-state index is 13.2. The van der Waals surface area contributed by atoms with Gasteiger partial charge in [-0.25, -0.2) is 0 Å². The number of hydrogen-bond donors (Lipinski definition) is 1. The van der Waals surface area contributed by atoms with E-state index < -0.39 is 0 Å². The fourth-order valence-corrected chi connectivity index (χ4v) is 8.64. The highest BCUT2D eigenvalue weighted by molar-refractivity contribution is 7.07. The summed E-state index contributed by atoms with van der Waals surface area (Å²) >= 11 is 1.77. The van der Waals surface area contributed by atoms with E-state index in [0.717, 1.165) is 17.8 Å². The molecule has 7 rings (SSSR count). The number of carbonyl (C=O) groups excluding carboxylic acids is 1. The molecule has 0 aliphatic heterocycles. The molecule has 0 radical (unpaired) electrons. The van der Waals surface area contributed by atoms with Crippen molar-refractivity contribution in [2.75, 3.05) is 0 Å². The first-order valence-corrected chi connectivity index (χ1v) is 13.6. The lowest BCUT2D eigenvalue weighted by molar-refractivity contribution is -0.126. The Labute approximate surface area is 196 Å². The molecule has 0 atom stereocenters. The normalized spacial score (nSPS) is 35.6. The smallest absolute Gasteiger partial charge is 0.226 e. The molecule has 0 unspecified atom stereocenters. The van der Waals surface area contributed by atoms with Crippen LogP contribution in [-0.4, -0.2) is 22.1 Å². The molecule has 172 valence electrons. The van der Waals surface area contributed by atoms with Crippen LogP contribution in [-0.2, 0) is 11.2 Å². The van der Waals surface area contributed by atoms with Gasteiger partial charge in [-0.1, -0.05) is 25.7 Å². The molecular formula is C25H38ClN3OS. The van der Waals surface area contributed by atoms with Crippen LogP contribution in [0.25, 0.3) is 0 Å². The molecule has 4 bridgehead atoms. The average molecular weight is 464 g/mol. The Hall–Kier alpha value is -0.810. The lowest BCUT2D eigenvalue weighted by Crippen LogP contribution is -2.60. The van der Waals surface area contributed by atoms with Gasteiger partial charge in [-0.15, -0.1) is 23.7 Å². The van der Waals surface area contributed by atoms with Crippen LogP contribution in [0.1, 0.15) is 102 Å². The van der Waals surface area contributed by atoms with Gasteiger partial charge in [0.1, 0.15) is 0 Å². The van der Waals surface area contributed by atoms with Crippen molar-refractivity contribution in [3.63, 3.8) is 0 Å². The summed E-state index contributed by atoms with van der Waals surface area (Å²) in [5, 5.41) is 5.81. The molecule has 6 heteroatoms. The van der Waals surface area contributed by atoms with E-state index in [9.17, 15) is 4.79 Å². The number of halogens is 1. The zero-order valence-electron chi connectivity index (χ0n) is 18.7. The van der Waals surface area contributed by atoms with Crippen molar-refractivity contribution in [2.24, 2.45) is 22.7 Å². The molecule has 4 nitrogen and oxygen atoms in total. The summed E-state index contributed by atoms with van der Waals surface area (Å²) in [6.45, 7) is 0. The first-order valence-electron chi connectivity index (χ1n) is 12.7. The monoisotopic (exact) mass is 463 g/mol. The van der Waals surface area contributed by atoms with E-state index in [0.29, 0.717) is 18.5 Å². The van der Waals surface area contributed by atoms with Gasteiger partial charge in [-0.3, -0.25) is 9.79 Å². The number of nitrogens with one attached hydrogen (secondary N) is 1. The van der Waals surface area contributed by atoms with Gasteiger partial charge in [0.25, 0.3) is 0 Å². The van der Waals surface area contributed by atoms with Crippen LogP contribution in [0.15, 0.2) is 10.4 Å². The van der Waals surface area contributed by atoms with E-state index in [-0.39, 0.29) is 23.9 Å². The third kappa shape index (κ3) is 4.64. The summed E-state index contributed by atoms with van der Waals surface area (Å²) in [5.41, 5.74) is 1.33. The highest BCUT2D eigenvalue weighted by Gasteiger charge is 2.51. The van der Waals surface area contributed by atoms with Crippen LogP contribution in [0.3, 0.4) is 0 Å². The molecule has 6 fully saturated rings. The molecule has 1 heterocycles. The van der Waals surface area contributed by atoms with Gasteiger partial charge in [0.05, 0.1) is 12.5 Å². The van der Waals surface area contributed by atoms with Crippen molar-refractivity contribution < 1.29 is 4.79 Å². The zero-order chi connectivity index (χ0) is 20.1. The predicted molar refractivity (Wildman–Crippen MR) is 128 cm³/mol. The summed E-state index contributed by atoms with van der Waals surface area (Å²) in [5.74, 6) is 2.88. The second-order valence-corrected chi connectivity index (χ2v) is 12.1. The van der Waals surface area contributed by atoms with Crippen molar-refractivity contribution in [1.82, 2.24) is 9.88 Å². The van der Waals surface area contributed by atoms with Crippen LogP contribution < -0.4 is 10.1 Å². The highest BCUT2D eigenvalue weighted by atomic mass is 35.5. The summed E-state index contributed by atoms with van der Waals surface area (Å²) in [6.07, 6.45) is 18.9. The third-order valence-corrected chi connectivity index (χ3v) is 9.53. The minimum absolute atomic E-state index is 0. The lowest BCUT2D eigenvalue weighted by Gasteiger charge is -2.56. The fraction of sp³-hybridized carbons (Fsp3) is 0.840. The van der Waals surface area contributed by atoms with Gasteiger partial charge in [0.2, 0.25) is 5.91 Å². The fourth-order valence-electron chi connectivity index (χ4n) is 7.61. The Morgan fingerprint density at radius 2 is 1.61 bits per heavy atom. The van der Waals surface area contributed by atoms with Gasteiger partial charge >= 0.3 is 0 Å². The molecule has 1 N–H and O–H groups in total. The zero-order valence-corrected chi connectivity index (χ0v) is 20.3.